The zero-order valence-corrected chi connectivity index (χ0v) is 52.9. The summed E-state index contributed by atoms with van der Waals surface area (Å²) in [5.74, 6) is 0.934. The van der Waals surface area contributed by atoms with Crippen LogP contribution in [0.4, 0.5) is 0 Å². The average molecular weight is 1220 g/mol. The fourth-order valence-electron chi connectivity index (χ4n) is 29.6. The number of carbonyl (C=O) groups is 3. The minimum Gasteiger partial charge on any atom is -0.469 e. The van der Waals surface area contributed by atoms with Crippen LogP contribution in [-0.2, 0) is 46.2 Å². The second-order valence-corrected chi connectivity index (χ2v) is 34.3. The number of aliphatic hydroxyl groups excluding tert-OH is 3. The molecule has 0 radical (unpaired) electrons. The summed E-state index contributed by atoms with van der Waals surface area (Å²) in [6.07, 6.45) is 33.4. The number of esters is 2. The number of hydrogen-bond acceptors (Lipinski definition) is 13. The Balaban J connectivity index is 0.790. The van der Waals surface area contributed by atoms with Gasteiger partial charge in [0.1, 0.15) is 41.2 Å². The van der Waals surface area contributed by atoms with Gasteiger partial charge in [-0.05, 0) is 202 Å². The molecule has 20 rings (SSSR count). The molecule has 2 aromatic rings. The Morgan fingerprint density at radius 1 is 0.878 bits per heavy atom. The van der Waals surface area contributed by atoms with Crippen molar-refractivity contribution >= 4 is 17.7 Å². The van der Waals surface area contributed by atoms with Gasteiger partial charge in [-0.15, -0.1) is 0 Å². The quantitative estimate of drug-likeness (QED) is 0.106. The van der Waals surface area contributed by atoms with Crippen molar-refractivity contribution in [1.29, 1.82) is 0 Å². The Bertz CT molecular complexity index is 3520. The number of ketones is 1. The summed E-state index contributed by atoms with van der Waals surface area (Å²) >= 11 is 0. The van der Waals surface area contributed by atoms with E-state index >= 15 is 19.5 Å². The molecule has 9 saturated carbocycles. The van der Waals surface area contributed by atoms with E-state index in [0.29, 0.717) is 67.1 Å². The van der Waals surface area contributed by atoms with Gasteiger partial charge >= 0.3 is 11.9 Å². The number of epoxide rings is 1. The van der Waals surface area contributed by atoms with Gasteiger partial charge in [-0.1, -0.05) is 113 Å². The zero-order chi connectivity index (χ0) is 60.5. The number of furan rings is 1. The number of Topliss-reactive ketones (excluding diaryl/α,β-unsaturated/α-hetero) is 1. The molecule has 29 atom stereocenters. The topological polar surface area (TPSA) is 181 Å². The van der Waals surface area contributed by atoms with Gasteiger partial charge < -0.3 is 43.6 Å². The van der Waals surface area contributed by atoms with Crippen molar-refractivity contribution < 1.29 is 53.1 Å². The predicted molar refractivity (Wildman–Crippen MR) is 331 cm³/mol. The minimum atomic E-state index is -1.53. The van der Waals surface area contributed by atoms with Gasteiger partial charge in [-0.3, -0.25) is 14.9 Å². The Morgan fingerprint density at radius 2 is 1.76 bits per heavy atom. The second kappa shape index (κ2) is 18.5. The number of benzene rings is 1. The standard InChI is InChI=1S/C77H94N2O11/c1-42-53-15-7-6-13-46(53)19-24-70(42)22-9-23-73-60(70)33-52-32-51-30-45-18-25-74-68(85)87-40-72(76(52,74)90-73)62-49(37-71(51,74)35-45)36-69(2)65(55-21-27-86-59(55)34-56(58(81)39-80)47-16-17-54-48(31-47)20-26-79-41-78-38-57(54)79)88-67(84)66-77(69,89-66)75(62,64(83)61(82)63(72)73)50-14-8-12-44(29-50)28-43-10-4-3-5-11-43/h3-5,9-11,18,20-22,25-27,33,42,44-51,53-54,56-58,60,62-66,78,80-81,83H,6-8,12-17,19,23-24,28-32,34-41H2,1-2H3/t42-,44+,45+,46+,47+,48+,49-,50-,51+,53-,54-,56-,57-,58+,60+,62+,63-,64+,65-,66+,69-,70+,71-,72+,73-,74-,75-,76+,77+/m0/s1. The van der Waals surface area contributed by atoms with Gasteiger partial charge in [0.15, 0.2) is 11.9 Å². The van der Waals surface area contributed by atoms with Crippen LogP contribution in [-0.4, -0.2) is 106 Å². The molecule has 6 bridgehead atoms. The monoisotopic (exact) mass is 1220 g/mol. The van der Waals surface area contributed by atoms with Crippen LogP contribution >= 0.6 is 0 Å². The lowest BCUT2D eigenvalue weighted by molar-refractivity contribution is -0.308. The molecule has 0 amide bonds. The Morgan fingerprint density at radius 3 is 2.63 bits per heavy atom. The molecule has 7 aliphatic heterocycles. The number of hydrogen-bond donors (Lipinski definition) is 4. The third kappa shape index (κ3) is 6.19. The van der Waals surface area contributed by atoms with Crippen molar-refractivity contribution in [1.82, 2.24) is 10.2 Å². The van der Waals surface area contributed by atoms with E-state index in [4.69, 9.17) is 23.4 Å². The minimum absolute atomic E-state index is 0.0285. The van der Waals surface area contributed by atoms with Gasteiger partial charge in [0, 0.05) is 46.7 Å². The fraction of sp³-hybridized carbons (Fsp3) is 0.727. The van der Waals surface area contributed by atoms with Crippen molar-refractivity contribution in [2.75, 3.05) is 26.4 Å². The average Bonchev–Trinajstić information content (AvgIpc) is 1.40. The van der Waals surface area contributed by atoms with Gasteiger partial charge in [0.05, 0.1) is 42.6 Å². The molecule has 4 N–H and O–H groups in total. The van der Waals surface area contributed by atoms with Gasteiger partial charge in [-0.25, -0.2) is 4.79 Å². The smallest absolute Gasteiger partial charge is 0.339 e. The van der Waals surface area contributed by atoms with Crippen LogP contribution in [0.5, 0.6) is 0 Å². The summed E-state index contributed by atoms with van der Waals surface area (Å²) in [5.41, 5.74) is -5.98. The molecule has 13 nitrogen and oxygen atoms in total. The lowest BCUT2D eigenvalue weighted by atomic mass is 9.29. The van der Waals surface area contributed by atoms with Crippen molar-refractivity contribution in [3.8, 4) is 0 Å². The molecule has 13 heteroatoms. The Kier molecular flexibility index (Phi) is 11.5. The van der Waals surface area contributed by atoms with Crippen LogP contribution in [0.1, 0.15) is 159 Å². The lowest BCUT2D eigenvalue weighted by Gasteiger charge is -2.73. The van der Waals surface area contributed by atoms with Crippen LogP contribution in [0.3, 0.4) is 0 Å². The van der Waals surface area contributed by atoms with Crippen LogP contribution in [0.25, 0.3) is 0 Å². The van der Waals surface area contributed by atoms with Crippen LogP contribution in [0.15, 0.2) is 95.3 Å². The molecule has 1 aromatic carbocycles. The van der Waals surface area contributed by atoms with E-state index in [1.54, 1.807) is 6.26 Å². The Hall–Kier alpha value is -4.37. The molecule has 11 aliphatic carbocycles. The number of nitrogens with one attached hydrogen (secondary N) is 1. The molecule has 8 heterocycles. The summed E-state index contributed by atoms with van der Waals surface area (Å²) in [6, 6.07) is 13.2. The second-order valence-electron chi connectivity index (χ2n) is 34.3. The fourth-order valence-corrected chi connectivity index (χ4v) is 29.6. The van der Waals surface area contributed by atoms with Crippen LogP contribution in [0.2, 0.25) is 0 Å². The number of nitrogens with zero attached hydrogens (tertiary/aromatic N) is 1. The lowest BCUT2D eigenvalue weighted by Crippen LogP contribution is -2.83. The molecule has 478 valence electrons. The number of ether oxygens (including phenoxy) is 4. The highest BCUT2D eigenvalue weighted by molar-refractivity contribution is 5.96. The van der Waals surface area contributed by atoms with Gasteiger partial charge in [-0.2, -0.15) is 0 Å². The van der Waals surface area contributed by atoms with Crippen molar-refractivity contribution in [3.63, 3.8) is 0 Å². The highest BCUT2D eigenvalue weighted by atomic mass is 16.7. The van der Waals surface area contributed by atoms with Crippen LogP contribution < -0.4 is 5.32 Å². The highest BCUT2D eigenvalue weighted by Gasteiger charge is 3.01. The largest absolute Gasteiger partial charge is 0.469 e. The summed E-state index contributed by atoms with van der Waals surface area (Å²) in [5, 5.41) is 41.6. The van der Waals surface area contributed by atoms with E-state index in [2.05, 4.69) is 97.1 Å². The molecule has 1 aromatic heterocycles. The number of rotatable bonds is 9. The molecule has 90 heavy (non-hydrogen) atoms. The number of carbonyl (C=O) groups excluding carboxylic acids is 3. The third-order valence-electron chi connectivity index (χ3n) is 32.1. The normalized spacial score (nSPS) is 54.2. The first-order valence-corrected chi connectivity index (χ1v) is 36.3. The maximum Gasteiger partial charge on any atom is 0.339 e. The highest BCUT2D eigenvalue weighted by Crippen LogP contribution is 2.93. The maximum atomic E-state index is 18.0. The predicted octanol–water partition coefficient (Wildman–Crippen LogP) is 10.7. The van der Waals surface area contributed by atoms with E-state index in [-0.39, 0.29) is 77.7 Å². The van der Waals surface area contributed by atoms with Crippen molar-refractivity contribution in [2.24, 2.45) is 121 Å². The molecule has 0 unspecified atom stereocenters. The SMILES string of the molecule is C[C@H]1[C@@H]2CCCC[C@@H]2CC[C@]12C=CC[C@]13O[C@@]45C(=C[C@H]21)C[C@H]1C[C@H]2C=C[C@@]46C(=O)OC[C@@]54[C@@H]3C(=O)[C@@H](O)[C@]3([C@H]5CCC[C@H](Cc7ccccc7)C5)[C@@H]4[C@H](C[C@@]16C2)C[C@@]1(C)[C@H](c2ccoc2C[C@@H]([C@@H]2CC[C@H]4[C@H](C=CN5CNC[C@@H]45)C2)[C@H](O)CO)OC(=O)[C@H]2O[C@@]231. The summed E-state index contributed by atoms with van der Waals surface area (Å²) < 4.78 is 37.7. The summed E-state index contributed by atoms with van der Waals surface area (Å²) in [7, 11) is 0. The molecule has 18 aliphatic rings. The van der Waals surface area contributed by atoms with E-state index in [1.165, 1.54) is 36.8 Å². The van der Waals surface area contributed by atoms with E-state index in [0.717, 1.165) is 102 Å². The van der Waals surface area contributed by atoms with Gasteiger partial charge in [0.25, 0.3) is 0 Å². The summed E-state index contributed by atoms with van der Waals surface area (Å²) in [6.45, 7) is 6.32. The maximum absolute atomic E-state index is 18.0. The van der Waals surface area contributed by atoms with Crippen molar-refractivity contribution in [2.45, 2.75) is 196 Å². The van der Waals surface area contributed by atoms with E-state index in [1.807, 2.05) is 6.07 Å². The first kappa shape index (κ1) is 56.0. The third-order valence-corrected chi connectivity index (χ3v) is 32.1. The van der Waals surface area contributed by atoms with Gasteiger partial charge in [0.2, 0.25) is 0 Å². The van der Waals surface area contributed by atoms with E-state index < -0.39 is 86.1 Å². The number of fused-ring (bicyclic) bond motifs is 6. The zero-order valence-electron chi connectivity index (χ0n) is 52.9. The molecule has 5 saturated heterocycles. The number of allylic oxidation sites excluding steroid dienone is 3. The molecular formula is C77H94N2O11. The van der Waals surface area contributed by atoms with Crippen LogP contribution in [0, 0.1) is 121 Å². The number of cyclic esters (lactones) is 2. The first-order chi connectivity index (χ1) is 43.7. The van der Waals surface area contributed by atoms with Crippen molar-refractivity contribution in [3.05, 3.63) is 108 Å². The molecule has 7 spiro atoms. The first-order valence-electron chi connectivity index (χ1n) is 36.3. The molecular weight excluding hydrogens is 1130 g/mol. The molecule has 14 fully saturated rings. The Labute approximate surface area is 530 Å². The summed E-state index contributed by atoms with van der Waals surface area (Å²) in [4.78, 5) is 52.8. The number of aliphatic hydroxyl groups is 3. The van der Waals surface area contributed by atoms with E-state index in [9.17, 15) is 10.2 Å².